The summed E-state index contributed by atoms with van der Waals surface area (Å²) in [7, 11) is -3.39. The highest BCUT2D eigenvalue weighted by atomic mass is 32.2. The van der Waals surface area contributed by atoms with Crippen LogP contribution in [0.25, 0.3) is 0 Å². The first-order chi connectivity index (χ1) is 9.56. The van der Waals surface area contributed by atoms with Gasteiger partial charge in [-0.2, -0.15) is 0 Å². The number of rotatable bonds is 4. The Balaban J connectivity index is 1.55. The Kier molecular flexibility index (Phi) is 3.83. The molecule has 0 atom stereocenters. The maximum Gasteiger partial charge on any atom is 0.250 e. The van der Waals surface area contributed by atoms with E-state index in [1.807, 2.05) is 4.90 Å². The van der Waals surface area contributed by atoms with E-state index < -0.39 is 10.0 Å². The number of hydrogen-bond donors (Lipinski definition) is 1. The molecule has 0 bridgehead atoms. The summed E-state index contributed by atoms with van der Waals surface area (Å²) in [6.45, 7) is 1.32. The van der Waals surface area contributed by atoms with E-state index in [2.05, 4.69) is 4.72 Å². The first kappa shape index (κ1) is 14.0. The molecule has 1 aliphatic heterocycles. The van der Waals surface area contributed by atoms with Crippen LogP contribution in [-0.2, 0) is 14.8 Å². The Morgan fingerprint density at radius 2 is 1.95 bits per heavy atom. The van der Waals surface area contributed by atoms with E-state index in [-0.39, 0.29) is 17.9 Å². The Bertz CT molecular complexity index is 571. The van der Waals surface area contributed by atoms with Crippen molar-refractivity contribution in [3.8, 4) is 0 Å². The lowest BCUT2D eigenvalue weighted by atomic mass is 10.1. The highest BCUT2D eigenvalue weighted by Crippen LogP contribution is 2.32. The van der Waals surface area contributed by atoms with E-state index in [1.165, 1.54) is 11.3 Å². The van der Waals surface area contributed by atoms with Gasteiger partial charge in [0.2, 0.25) is 15.9 Å². The van der Waals surface area contributed by atoms with Crippen LogP contribution >= 0.6 is 11.3 Å². The molecule has 0 aromatic carbocycles. The van der Waals surface area contributed by atoms with Crippen LogP contribution < -0.4 is 4.72 Å². The van der Waals surface area contributed by atoms with E-state index >= 15 is 0 Å². The van der Waals surface area contributed by atoms with Gasteiger partial charge in [0.25, 0.3) is 0 Å². The molecule has 1 N–H and O–H groups in total. The Morgan fingerprint density at radius 1 is 1.25 bits per heavy atom. The summed E-state index contributed by atoms with van der Waals surface area (Å²) in [5, 5.41) is 1.76. The number of likely N-dealkylation sites (tertiary alicyclic amines) is 1. The molecule has 0 spiro atoms. The monoisotopic (exact) mass is 314 g/mol. The van der Waals surface area contributed by atoms with Gasteiger partial charge in [-0.25, -0.2) is 13.1 Å². The van der Waals surface area contributed by atoms with Crippen LogP contribution in [0, 0.1) is 5.92 Å². The van der Waals surface area contributed by atoms with Gasteiger partial charge in [0.05, 0.1) is 0 Å². The van der Waals surface area contributed by atoms with E-state index in [0.717, 1.165) is 12.8 Å². The number of nitrogens with zero attached hydrogens (tertiary/aromatic N) is 1. The minimum absolute atomic E-state index is 0.0645. The molecule has 3 rings (SSSR count). The summed E-state index contributed by atoms with van der Waals surface area (Å²) >= 11 is 1.22. The lowest BCUT2D eigenvalue weighted by Crippen LogP contribution is -2.46. The molecule has 1 aliphatic carbocycles. The molecular weight excluding hydrogens is 296 g/mol. The molecule has 20 heavy (non-hydrogen) atoms. The van der Waals surface area contributed by atoms with Crippen LogP contribution in [0.4, 0.5) is 0 Å². The Morgan fingerprint density at radius 3 is 2.50 bits per heavy atom. The lowest BCUT2D eigenvalue weighted by molar-refractivity contribution is -0.133. The van der Waals surface area contributed by atoms with Gasteiger partial charge in [0.1, 0.15) is 4.21 Å². The van der Waals surface area contributed by atoms with Crippen LogP contribution in [0.5, 0.6) is 0 Å². The first-order valence-electron chi connectivity index (χ1n) is 6.91. The maximum absolute atomic E-state index is 12.1. The molecule has 1 aromatic rings. The van der Waals surface area contributed by atoms with Crippen molar-refractivity contribution in [1.29, 1.82) is 0 Å². The third kappa shape index (κ3) is 3.05. The topological polar surface area (TPSA) is 66.5 Å². The summed E-state index contributed by atoms with van der Waals surface area (Å²) in [6, 6.07) is 3.28. The van der Waals surface area contributed by atoms with Gasteiger partial charge in [0.15, 0.2) is 0 Å². The van der Waals surface area contributed by atoms with Gasteiger partial charge in [-0.1, -0.05) is 6.07 Å². The highest BCUT2D eigenvalue weighted by molar-refractivity contribution is 7.91. The number of piperidine rings is 1. The summed E-state index contributed by atoms with van der Waals surface area (Å²) in [5.41, 5.74) is 0. The van der Waals surface area contributed by atoms with Crippen LogP contribution in [0.15, 0.2) is 21.7 Å². The molecule has 110 valence electrons. The number of carbonyl (C=O) groups excluding carboxylic acids is 1. The highest BCUT2D eigenvalue weighted by Gasteiger charge is 2.35. The van der Waals surface area contributed by atoms with E-state index in [0.29, 0.717) is 30.1 Å². The predicted octanol–water partition coefficient (Wildman–Crippen LogP) is 1.43. The van der Waals surface area contributed by atoms with Crippen LogP contribution in [0.2, 0.25) is 0 Å². The molecule has 1 amide bonds. The molecule has 1 saturated heterocycles. The minimum atomic E-state index is -3.39. The summed E-state index contributed by atoms with van der Waals surface area (Å²) < 4.78 is 27.3. The van der Waals surface area contributed by atoms with Crippen LogP contribution in [0.1, 0.15) is 25.7 Å². The standard InChI is InChI=1S/C13H18N2O3S2/c16-13(10-3-4-10)15-7-5-11(6-8-15)14-20(17,18)12-2-1-9-19-12/h1-2,9-11,14H,3-8H2. The number of hydrogen-bond acceptors (Lipinski definition) is 4. The van der Waals surface area contributed by atoms with E-state index in [4.69, 9.17) is 0 Å². The third-order valence-electron chi connectivity index (χ3n) is 3.81. The minimum Gasteiger partial charge on any atom is -0.342 e. The fourth-order valence-corrected chi connectivity index (χ4v) is 4.81. The van der Waals surface area contributed by atoms with Crippen molar-refractivity contribution < 1.29 is 13.2 Å². The van der Waals surface area contributed by atoms with Gasteiger partial charge in [-0.15, -0.1) is 11.3 Å². The first-order valence-corrected chi connectivity index (χ1v) is 9.27. The van der Waals surface area contributed by atoms with Crippen molar-refractivity contribution in [2.75, 3.05) is 13.1 Å². The molecule has 7 heteroatoms. The number of carbonyl (C=O) groups is 1. The number of sulfonamides is 1. The fourth-order valence-electron chi connectivity index (χ4n) is 2.50. The van der Waals surface area contributed by atoms with Crippen LogP contribution in [0.3, 0.4) is 0 Å². The Labute approximate surface area is 123 Å². The van der Waals surface area contributed by atoms with E-state index in [1.54, 1.807) is 17.5 Å². The van der Waals surface area contributed by atoms with Crippen molar-refractivity contribution in [1.82, 2.24) is 9.62 Å². The normalized spacial score (nSPS) is 21.1. The quantitative estimate of drug-likeness (QED) is 0.914. The molecule has 0 radical (unpaired) electrons. The zero-order valence-electron chi connectivity index (χ0n) is 11.1. The fraction of sp³-hybridized carbons (Fsp3) is 0.615. The average Bonchev–Trinajstić information content (AvgIpc) is 3.12. The van der Waals surface area contributed by atoms with Crippen LogP contribution in [-0.4, -0.2) is 38.4 Å². The molecule has 1 saturated carbocycles. The van der Waals surface area contributed by atoms with Crippen molar-refractivity contribution in [3.05, 3.63) is 17.5 Å². The maximum atomic E-state index is 12.1. The SMILES string of the molecule is O=C(C1CC1)N1CCC(NS(=O)(=O)c2cccs2)CC1. The lowest BCUT2D eigenvalue weighted by Gasteiger charge is -2.32. The Hall–Kier alpha value is -0.920. The number of nitrogens with one attached hydrogen (secondary N) is 1. The molecule has 2 aliphatic rings. The zero-order chi connectivity index (χ0) is 14.2. The summed E-state index contributed by atoms with van der Waals surface area (Å²) in [4.78, 5) is 13.8. The van der Waals surface area contributed by atoms with E-state index in [9.17, 15) is 13.2 Å². The predicted molar refractivity (Wildman–Crippen MR) is 77.0 cm³/mol. The van der Waals surface area contributed by atoms with Crippen molar-refractivity contribution in [2.24, 2.45) is 5.92 Å². The second kappa shape index (κ2) is 5.46. The second-order valence-electron chi connectivity index (χ2n) is 5.43. The number of thiophene rings is 1. The van der Waals surface area contributed by atoms with Crippen molar-refractivity contribution in [2.45, 2.75) is 35.9 Å². The van der Waals surface area contributed by atoms with Gasteiger partial charge in [-0.05, 0) is 37.1 Å². The average molecular weight is 314 g/mol. The molecule has 5 nitrogen and oxygen atoms in total. The summed E-state index contributed by atoms with van der Waals surface area (Å²) in [6.07, 6.45) is 3.43. The molecule has 2 fully saturated rings. The third-order valence-corrected chi connectivity index (χ3v) is 6.73. The smallest absolute Gasteiger partial charge is 0.250 e. The van der Waals surface area contributed by atoms with Crippen molar-refractivity contribution in [3.63, 3.8) is 0 Å². The van der Waals surface area contributed by atoms with Gasteiger partial charge in [0, 0.05) is 25.0 Å². The molecular formula is C13H18N2O3S2. The second-order valence-corrected chi connectivity index (χ2v) is 8.32. The van der Waals surface area contributed by atoms with Gasteiger partial charge in [-0.3, -0.25) is 4.79 Å². The van der Waals surface area contributed by atoms with Gasteiger partial charge < -0.3 is 4.90 Å². The molecule has 0 unspecified atom stereocenters. The number of amides is 1. The molecule has 2 heterocycles. The largest absolute Gasteiger partial charge is 0.342 e. The summed E-state index contributed by atoms with van der Waals surface area (Å²) in [5.74, 6) is 0.499. The van der Waals surface area contributed by atoms with Gasteiger partial charge >= 0.3 is 0 Å². The van der Waals surface area contributed by atoms with Crippen molar-refractivity contribution >= 4 is 27.3 Å². The zero-order valence-corrected chi connectivity index (χ0v) is 12.8. The molecule has 1 aromatic heterocycles.